The molecule has 1 heterocycles. The van der Waals surface area contributed by atoms with Crippen molar-refractivity contribution >= 4 is 5.97 Å². The van der Waals surface area contributed by atoms with Crippen LogP contribution in [0.25, 0.3) is 0 Å². The van der Waals surface area contributed by atoms with E-state index in [1.807, 2.05) is 12.1 Å². The number of pyridine rings is 1. The minimum Gasteiger partial charge on any atom is -0.481 e. The lowest BCUT2D eigenvalue weighted by molar-refractivity contribution is -0.143. The molecular formula is C14H19NO3. The quantitative estimate of drug-likeness (QED) is 0.871. The number of carboxylic acids is 1. The van der Waals surface area contributed by atoms with Crippen molar-refractivity contribution in [2.45, 2.75) is 32.1 Å². The molecule has 1 aromatic heterocycles. The van der Waals surface area contributed by atoms with E-state index in [0.29, 0.717) is 18.2 Å². The first-order valence-electron chi connectivity index (χ1n) is 6.43. The molecule has 0 bridgehead atoms. The highest BCUT2D eigenvalue weighted by molar-refractivity contribution is 5.71. The summed E-state index contributed by atoms with van der Waals surface area (Å²) in [5, 5.41) is 9.40. The Bertz CT molecular complexity index is 413. The molecule has 0 saturated heterocycles. The first-order chi connectivity index (χ1) is 8.72. The molecule has 0 spiro atoms. The van der Waals surface area contributed by atoms with Crippen molar-refractivity contribution in [3.8, 4) is 5.88 Å². The van der Waals surface area contributed by atoms with Gasteiger partial charge >= 0.3 is 5.97 Å². The van der Waals surface area contributed by atoms with Gasteiger partial charge in [0.25, 0.3) is 0 Å². The van der Waals surface area contributed by atoms with Crippen LogP contribution < -0.4 is 4.74 Å². The van der Waals surface area contributed by atoms with Crippen LogP contribution in [-0.4, -0.2) is 23.2 Å². The largest absolute Gasteiger partial charge is 0.481 e. The van der Waals surface area contributed by atoms with Gasteiger partial charge in [0.15, 0.2) is 0 Å². The van der Waals surface area contributed by atoms with Crippen molar-refractivity contribution in [2.24, 2.45) is 11.8 Å². The average molecular weight is 249 g/mol. The maximum atomic E-state index is 11.4. The lowest BCUT2D eigenvalue weighted by atomic mass is 9.86. The molecule has 0 amide bonds. The van der Waals surface area contributed by atoms with Gasteiger partial charge in [0, 0.05) is 11.8 Å². The molecule has 98 valence electrons. The summed E-state index contributed by atoms with van der Waals surface area (Å²) >= 11 is 0. The van der Waals surface area contributed by atoms with Crippen molar-refractivity contribution in [3.63, 3.8) is 0 Å². The molecule has 1 atom stereocenters. The molecule has 1 aliphatic carbocycles. The van der Waals surface area contributed by atoms with Gasteiger partial charge in [-0.05, 0) is 31.2 Å². The Kier molecular flexibility index (Phi) is 4.18. The van der Waals surface area contributed by atoms with Gasteiger partial charge < -0.3 is 9.84 Å². The highest BCUT2D eigenvalue weighted by Gasteiger charge is 2.31. The fraction of sp³-hybridized carbons (Fsp3) is 0.571. The number of hydrogen-bond acceptors (Lipinski definition) is 3. The standard InChI is InChI=1S/C14H19NO3/c1-18-13-11(7-4-8-15-13)9-12(14(16)17)10-5-2-3-6-10/h4,7-8,10,12H,2-3,5-6,9H2,1H3,(H,16,17). The van der Waals surface area contributed by atoms with Gasteiger partial charge in [0.2, 0.25) is 5.88 Å². The predicted molar refractivity (Wildman–Crippen MR) is 67.6 cm³/mol. The first-order valence-corrected chi connectivity index (χ1v) is 6.43. The minimum absolute atomic E-state index is 0.299. The second kappa shape index (κ2) is 5.85. The van der Waals surface area contributed by atoms with Crippen LogP contribution in [0.3, 0.4) is 0 Å². The highest BCUT2D eigenvalue weighted by Crippen LogP contribution is 2.34. The SMILES string of the molecule is COc1ncccc1CC(C(=O)O)C1CCCC1. The van der Waals surface area contributed by atoms with E-state index >= 15 is 0 Å². The molecule has 1 aliphatic rings. The van der Waals surface area contributed by atoms with Gasteiger partial charge in [0.05, 0.1) is 13.0 Å². The molecule has 1 saturated carbocycles. The van der Waals surface area contributed by atoms with Crippen molar-refractivity contribution in [1.82, 2.24) is 4.98 Å². The summed E-state index contributed by atoms with van der Waals surface area (Å²) in [7, 11) is 1.57. The number of rotatable bonds is 5. The second-order valence-electron chi connectivity index (χ2n) is 4.87. The summed E-state index contributed by atoms with van der Waals surface area (Å²) in [6.45, 7) is 0. The Hall–Kier alpha value is -1.58. The van der Waals surface area contributed by atoms with E-state index in [4.69, 9.17) is 4.74 Å². The normalized spacial score (nSPS) is 17.6. The summed E-state index contributed by atoms with van der Waals surface area (Å²) in [6, 6.07) is 3.72. The maximum absolute atomic E-state index is 11.4. The molecular weight excluding hydrogens is 230 g/mol. The van der Waals surface area contributed by atoms with E-state index in [-0.39, 0.29) is 5.92 Å². The van der Waals surface area contributed by atoms with E-state index in [1.165, 1.54) is 0 Å². The zero-order valence-corrected chi connectivity index (χ0v) is 10.6. The predicted octanol–water partition coefficient (Wildman–Crippen LogP) is 2.52. The van der Waals surface area contributed by atoms with Crippen molar-refractivity contribution in [3.05, 3.63) is 23.9 Å². The molecule has 1 N–H and O–H groups in total. The van der Waals surface area contributed by atoms with Gasteiger partial charge in [-0.3, -0.25) is 4.79 Å². The Morgan fingerprint density at radius 3 is 2.89 bits per heavy atom. The first kappa shape index (κ1) is 12.9. The summed E-state index contributed by atoms with van der Waals surface area (Å²) < 4.78 is 5.18. The number of aromatic nitrogens is 1. The van der Waals surface area contributed by atoms with Crippen LogP contribution in [0.5, 0.6) is 5.88 Å². The second-order valence-corrected chi connectivity index (χ2v) is 4.87. The number of carboxylic acid groups (broad SMARTS) is 1. The Morgan fingerprint density at radius 2 is 2.28 bits per heavy atom. The Labute approximate surface area is 107 Å². The molecule has 2 rings (SSSR count). The van der Waals surface area contributed by atoms with Crippen LogP contribution in [0.15, 0.2) is 18.3 Å². The van der Waals surface area contributed by atoms with E-state index in [9.17, 15) is 9.90 Å². The molecule has 1 fully saturated rings. The highest BCUT2D eigenvalue weighted by atomic mass is 16.5. The van der Waals surface area contributed by atoms with Gasteiger partial charge in [-0.15, -0.1) is 0 Å². The monoisotopic (exact) mass is 249 g/mol. The van der Waals surface area contributed by atoms with Crippen molar-refractivity contribution < 1.29 is 14.6 Å². The summed E-state index contributed by atoms with van der Waals surface area (Å²) in [5.74, 6) is -0.174. The van der Waals surface area contributed by atoms with E-state index in [1.54, 1.807) is 13.3 Å². The fourth-order valence-electron chi connectivity index (χ4n) is 2.82. The molecule has 4 heteroatoms. The third-order valence-electron chi connectivity index (χ3n) is 3.77. The Morgan fingerprint density at radius 1 is 1.56 bits per heavy atom. The number of carbonyl (C=O) groups is 1. The zero-order valence-electron chi connectivity index (χ0n) is 10.6. The van der Waals surface area contributed by atoms with Crippen molar-refractivity contribution in [1.29, 1.82) is 0 Å². The van der Waals surface area contributed by atoms with Gasteiger partial charge in [-0.25, -0.2) is 4.98 Å². The van der Waals surface area contributed by atoms with Crippen LogP contribution in [0.4, 0.5) is 0 Å². The summed E-state index contributed by atoms with van der Waals surface area (Å²) in [5.41, 5.74) is 0.888. The summed E-state index contributed by atoms with van der Waals surface area (Å²) in [4.78, 5) is 15.6. The smallest absolute Gasteiger partial charge is 0.307 e. The van der Waals surface area contributed by atoms with Crippen LogP contribution in [0.2, 0.25) is 0 Å². The molecule has 1 aromatic rings. The van der Waals surface area contributed by atoms with Crippen LogP contribution in [0.1, 0.15) is 31.2 Å². The number of methoxy groups -OCH3 is 1. The molecule has 0 aromatic carbocycles. The van der Waals surface area contributed by atoms with Gasteiger partial charge in [-0.2, -0.15) is 0 Å². The third kappa shape index (κ3) is 2.81. The molecule has 0 radical (unpaired) electrons. The van der Waals surface area contributed by atoms with Crippen molar-refractivity contribution in [2.75, 3.05) is 7.11 Å². The van der Waals surface area contributed by atoms with E-state index in [2.05, 4.69) is 4.98 Å². The molecule has 1 unspecified atom stereocenters. The van der Waals surface area contributed by atoms with E-state index in [0.717, 1.165) is 31.2 Å². The minimum atomic E-state index is -0.701. The van der Waals surface area contributed by atoms with Crippen LogP contribution >= 0.6 is 0 Å². The summed E-state index contributed by atoms with van der Waals surface area (Å²) in [6.07, 6.45) is 6.53. The van der Waals surface area contributed by atoms with Crippen LogP contribution in [0, 0.1) is 11.8 Å². The fourth-order valence-corrected chi connectivity index (χ4v) is 2.82. The topological polar surface area (TPSA) is 59.4 Å². The Balaban J connectivity index is 2.15. The molecule has 0 aliphatic heterocycles. The number of ether oxygens (including phenoxy) is 1. The zero-order chi connectivity index (χ0) is 13.0. The van der Waals surface area contributed by atoms with Gasteiger partial charge in [-0.1, -0.05) is 18.9 Å². The van der Waals surface area contributed by atoms with Gasteiger partial charge in [0.1, 0.15) is 0 Å². The lowest BCUT2D eigenvalue weighted by Gasteiger charge is -2.19. The molecule has 18 heavy (non-hydrogen) atoms. The number of nitrogens with zero attached hydrogens (tertiary/aromatic N) is 1. The lowest BCUT2D eigenvalue weighted by Crippen LogP contribution is -2.24. The van der Waals surface area contributed by atoms with E-state index < -0.39 is 5.97 Å². The van der Waals surface area contributed by atoms with Crippen LogP contribution in [-0.2, 0) is 11.2 Å². The number of hydrogen-bond donors (Lipinski definition) is 1. The maximum Gasteiger partial charge on any atom is 0.307 e. The number of aliphatic carboxylic acids is 1. The third-order valence-corrected chi connectivity index (χ3v) is 3.77. The molecule has 4 nitrogen and oxygen atoms in total. The average Bonchev–Trinajstić information content (AvgIpc) is 2.89.